The van der Waals surface area contributed by atoms with Gasteiger partial charge in [-0.2, -0.15) is 0 Å². The first kappa shape index (κ1) is 12.6. The lowest BCUT2D eigenvalue weighted by Crippen LogP contribution is -1.96. The summed E-state index contributed by atoms with van der Waals surface area (Å²) in [6.07, 6.45) is 0. The molecular weight excluding hydrogens is 256 g/mol. The Hall–Kier alpha value is -2.42. The van der Waals surface area contributed by atoms with Crippen LogP contribution in [0.4, 0.5) is 14.5 Å². The zero-order chi connectivity index (χ0) is 14.3. The molecule has 3 rings (SSSR count). The number of benzene rings is 3. The first-order valence-corrected chi connectivity index (χ1v) is 6.31. The predicted octanol–water partition coefficient (Wildman–Crippen LogP) is 4.68. The first-order valence-electron chi connectivity index (χ1n) is 6.31. The number of rotatable bonds is 1. The molecule has 0 aliphatic carbocycles. The maximum absolute atomic E-state index is 14.2. The molecular formula is C17H13F2N. The van der Waals surface area contributed by atoms with Gasteiger partial charge in [-0.05, 0) is 34.9 Å². The van der Waals surface area contributed by atoms with E-state index in [1.54, 1.807) is 0 Å². The minimum atomic E-state index is -0.603. The van der Waals surface area contributed by atoms with E-state index < -0.39 is 11.6 Å². The highest BCUT2D eigenvalue weighted by Crippen LogP contribution is 2.34. The number of aryl methyl sites for hydroxylation is 1. The maximum Gasteiger partial charge on any atom is 0.146 e. The van der Waals surface area contributed by atoms with E-state index in [0.717, 1.165) is 22.4 Å². The molecule has 0 amide bonds. The lowest BCUT2D eigenvalue weighted by molar-refractivity contribution is 0.607. The number of hydrogen-bond donors (Lipinski definition) is 1. The van der Waals surface area contributed by atoms with E-state index in [1.807, 2.05) is 43.3 Å². The van der Waals surface area contributed by atoms with Gasteiger partial charge in [-0.3, -0.25) is 0 Å². The zero-order valence-electron chi connectivity index (χ0n) is 11.0. The van der Waals surface area contributed by atoms with Crippen molar-refractivity contribution in [3.63, 3.8) is 0 Å². The van der Waals surface area contributed by atoms with Crippen molar-refractivity contribution < 1.29 is 8.78 Å². The first-order chi connectivity index (χ1) is 9.58. The van der Waals surface area contributed by atoms with Crippen molar-refractivity contribution >= 4 is 16.5 Å². The average Bonchev–Trinajstić information content (AvgIpc) is 2.43. The molecule has 0 unspecified atom stereocenters. The number of hydrogen-bond acceptors (Lipinski definition) is 1. The van der Waals surface area contributed by atoms with Crippen LogP contribution in [-0.4, -0.2) is 0 Å². The summed E-state index contributed by atoms with van der Waals surface area (Å²) < 4.78 is 27.9. The van der Waals surface area contributed by atoms with Crippen LogP contribution in [0.25, 0.3) is 21.9 Å². The van der Waals surface area contributed by atoms with Crippen LogP contribution in [0.3, 0.4) is 0 Å². The van der Waals surface area contributed by atoms with E-state index in [0.29, 0.717) is 5.56 Å². The molecule has 0 heterocycles. The molecule has 3 aromatic rings. The van der Waals surface area contributed by atoms with Crippen LogP contribution in [0.2, 0.25) is 0 Å². The highest BCUT2D eigenvalue weighted by molar-refractivity contribution is 5.98. The molecule has 0 saturated heterocycles. The van der Waals surface area contributed by atoms with Gasteiger partial charge in [-0.15, -0.1) is 0 Å². The molecule has 2 N–H and O–H groups in total. The molecule has 100 valence electrons. The number of nitrogen functional groups attached to an aromatic ring is 1. The van der Waals surface area contributed by atoms with Crippen LogP contribution in [0, 0.1) is 18.6 Å². The molecule has 0 aliphatic heterocycles. The van der Waals surface area contributed by atoms with Gasteiger partial charge in [0.15, 0.2) is 0 Å². The van der Waals surface area contributed by atoms with Crippen molar-refractivity contribution in [2.24, 2.45) is 0 Å². The standard InChI is InChI=1S/C17H13F2N/c1-10-6-7-11-4-2-3-5-12(11)17(10)13-8-15(19)16(20)9-14(13)18/h2-9H,20H2,1H3. The van der Waals surface area contributed by atoms with Crippen molar-refractivity contribution in [2.75, 3.05) is 5.73 Å². The molecule has 20 heavy (non-hydrogen) atoms. The Morgan fingerprint density at radius 2 is 1.65 bits per heavy atom. The largest absolute Gasteiger partial charge is 0.396 e. The van der Waals surface area contributed by atoms with Gasteiger partial charge in [-0.25, -0.2) is 8.78 Å². The van der Waals surface area contributed by atoms with Crippen molar-refractivity contribution in [2.45, 2.75) is 6.92 Å². The van der Waals surface area contributed by atoms with E-state index in [4.69, 9.17) is 5.73 Å². The van der Waals surface area contributed by atoms with Gasteiger partial charge in [0.25, 0.3) is 0 Å². The van der Waals surface area contributed by atoms with Gasteiger partial charge in [0.2, 0.25) is 0 Å². The molecule has 0 aromatic heterocycles. The second-order valence-electron chi connectivity index (χ2n) is 4.83. The molecule has 0 saturated carbocycles. The fourth-order valence-electron chi connectivity index (χ4n) is 2.49. The second kappa shape index (κ2) is 4.60. The minimum Gasteiger partial charge on any atom is -0.396 e. The Balaban J connectivity index is 2.40. The van der Waals surface area contributed by atoms with Gasteiger partial charge in [0.1, 0.15) is 11.6 Å². The van der Waals surface area contributed by atoms with Crippen LogP contribution in [0.1, 0.15) is 5.56 Å². The van der Waals surface area contributed by atoms with Crippen molar-refractivity contribution in [3.8, 4) is 11.1 Å². The molecule has 0 radical (unpaired) electrons. The van der Waals surface area contributed by atoms with Gasteiger partial charge in [0, 0.05) is 11.6 Å². The Kier molecular flexibility index (Phi) is 2.90. The number of fused-ring (bicyclic) bond motifs is 1. The second-order valence-corrected chi connectivity index (χ2v) is 4.83. The van der Waals surface area contributed by atoms with Crippen LogP contribution in [0.5, 0.6) is 0 Å². The Morgan fingerprint density at radius 1 is 0.900 bits per heavy atom. The predicted molar refractivity (Wildman–Crippen MR) is 78.4 cm³/mol. The van der Waals surface area contributed by atoms with E-state index in [1.165, 1.54) is 6.07 Å². The fourth-order valence-corrected chi connectivity index (χ4v) is 2.49. The third kappa shape index (κ3) is 1.92. The third-order valence-electron chi connectivity index (χ3n) is 3.49. The summed E-state index contributed by atoms with van der Waals surface area (Å²) in [5.74, 6) is -1.11. The summed E-state index contributed by atoms with van der Waals surface area (Å²) in [7, 11) is 0. The topological polar surface area (TPSA) is 26.0 Å². The third-order valence-corrected chi connectivity index (χ3v) is 3.49. The SMILES string of the molecule is Cc1ccc2ccccc2c1-c1cc(F)c(N)cc1F. The summed E-state index contributed by atoms with van der Waals surface area (Å²) in [5, 5.41) is 1.89. The molecule has 0 spiro atoms. The van der Waals surface area contributed by atoms with Gasteiger partial charge >= 0.3 is 0 Å². The average molecular weight is 269 g/mol. The Bertz CT molecular complexity index is 809. The lowest BCUT2D eigenvalue weighted by atomic mass is 9.93. The number of halogens is 2. The molecule has 0 atom stereocenters. The summed E-state index contributed by atoms with van der Waals surface area (Å²) in [6.45, 7) is 1.88. The quantitative estimate of drug-likeness (QED) is 0.638. The Labute approximate surface area is 115 Å². The summed E-state index contributed by atoms with van der Waals surface area (Å²) >= 11 is 0. The van der Waals surface area contributed by atoms with Crippen LogP contribution in [-0.2, 0) is 0 Å². The monoisotopic (exact) mass is 269 g/mol. The van der Waals surface area contributed by atoms with Gasteiger partial charge in [-0.1, -0.05) is 36.4 Å². The Morgan fingerprint density at radius 3 is 2.45 bits per heavy atom. The van der Waals surface area contributed by atoms with E-state index >= 15 is 0 Å². The summed E-state index contributed by atoms with van der Waals surface area (Å²) in [5.41, 5.74) is 7.07. The summed E-state index contributed by atoms with van der Waals surface area (Å²) in [6, 6.07) is 13.7. The van der Waals surface area contributed by atoms with Crippen molar-refractivity contribution in [1.82, 2.24) is 0 Å². The molecule has 0 fully saturated rings. The highest BCUT2D eigenvalue weighted by Gasteiger charge is 2.14. The van der Waals surface area contributed by atoms with Crippen molar-refractivity contribution in [1.29, 1.82) is 0 Å². The minimum absolute atomic E-state index is 0.177. The van der Waals surface area contributed by atoms with E-state index in [2.05, 4.69) is 0 Å². The van der Waals surface area contributed by atoms with Gasteiger partial charge < -0.3 is 5.73 Å². The lowest BCUT2D eigenvalue weighted by Gasteiger charge is -2.12. The van der Waals surface area contributed by atoms with Crippen LogP contribution >= 0.6 is 0 Å². The van der Waals surface area contributed by atoms with Crippen LogP contribution in [0.15, 0.2) is 48.5 Å². The van der Waals surface area contributed by atoms with Crippen molar-refractivity contribution in [3.05, 3.63) is 65.7 Å². The highest BCUT2D eigenvalue weighted by atomic mass is 19.1. The van der Waals surface area contributed by atoms with E-state index in [-0.39, 0.29) is 11.3 Å². The molecule has 0 aliphatic rings. The molecule has 0 bridgehead atoms. The molecule has 1 nitrogen and oxygen atoms in total. The normalized spacial score (nSPS) is 10.9. The molecule has 3 heteroatoms. The molecule has 3 aromatic carbocycles. The van der Waals surface area contributed by atoms with E-state index in [9.17, 15) is 8.78 Å². The smallest absolute Gasteiger partial charge is 0.146 e. The summed E-state index contributed by atoms with van der Waals surface area (Å²) in [4.78, 5) is 0. The van der Waals surface area contributed by atoms with Crippen LogP contribution < -0.4 is 5.73 Å². The zero-order valence-corrected chi connectivity index (χ0v) is 11.0. The fraction of sp³-hybridized carbons (Fsp3) is 0.0588. The maximum atomic E-state index is 14.2. The van der Waals surface area contributed by atoms with Gasteiger partial charge in [0.05, 0.1) is 5.69 Å². The number of nitrogens with two attached hydrogens (primary N) is 1. The number of anilines is 1.